The van der Waals surface area contributed by atoms with Crippen molar-refractivity contribution in [3.63, 3.8) is 0 Å². The number of furan rings is 1. The summed E-state index contributed by atoms with van der Waals surface area (Å²) in [7, 11) is 1.93. The van der Waals surface area contributed by atoms with Crippen LogP contribution in [0.3, 0.4) is 0 Å². The van der Waals surface area contributed by atoms with E-state index < -0.39 is 5.97 Å². The Labute approximate surface area is 99.1 Å². The van der Waals surface area contributed by atoms with E-state index >= 15 is 0 Å². The van der Waals surface area contributed by atoms with E-state index in [4.69, 9.17) is 9.52 Å². The summed E-state index contributed by atoms with van der Waals surface area (Å²) in [5.74, 6) is -0.337. The molecule has 0 radical (unpaired) electrons. The number of benzene rings is 1. The molecule has 1 N–H and O–H groups in total. The van der Waals surface area contributed by atoms with Crippen molar-refractivity contribution in [1.29, 1.82) is 0 Å². The Hall–Kier alpha value is -2.23. The molecule has 0 aliphatic rings. The minimum absolute atomic E-state index is 0.182. The number of carboxylic acid groups (broad SMARTS) is 1. The quantitative estimate of drug-likeness (QED) is 0.878. The number of rotatable bonds is 4. The van der Waals surface area contributed by atoms with E-state index in [0.29, 0.717) is 12.3 Å². The molecule has 0 atom stereocenters. The number of aromatic carboxylic acids is 1. The normalized spacial score (nSPS) is 10.2. The third kappa shape index (κ3) is 2.66. The molecule has 0 spiro atoms. The van der Waals surface area contributed by atoms with Gasteiger partial charge in [-0.15, -0.1) is 0 Å². The minimum atomic E-state index is -0.970. The largest absolute Gasteiger partial charge is 0.478 e. The molecule has 2 rings (SSSR count). The van der Waals surface area contributed by atoms with E-state index in [1.165, 1.54) is 6.26 Å². The predicted octanol–water partition coefficient (Wildman–Crippen LogP) is 2.61. The summed E-state index contributed by atoms with van der Waals surface area (Å²) in [5, 5.41) is 8.78. The molecule has 0 saturated carbocycles. The van der Waals surface area contributed by atoms with Crippen molar-refractivity contribution in [3.8, 4) is 0 Å². The highest BCUT2D eigenvalue weighted by Crippen LogP contribution is 2.16. The van der Waals surface area contributed by atoms with Crippen molar-refractivity contribution in [2.45, 2.75) is 6.54 Å². The highest BCUT2D eigenvalue weighted by atomic mass is 16.4. The number of carboxylic acids is 1. The van der Waals surface area contributed by atoms with Crippen molar-refractivity contribution >= 4 is 11.7 Å². The van der Waals surface area contributed by atoms with Gasteiger partial charge in [0.2, 0.25) is 0 Å². The number of nitrogens with zero attached hydrogens (tertiary/aromatic N) is 1. The second-order valence-electron chi connectivity index (χ2n) is 3.80. The molecule has 0 aliphatic heterocycles. The van der Waals surface area contributed by atoms with Crippen LogP contribution in [0.5, 0.6) is 0 Å². The first-order chi connectivity index (χ1) is 8.16. The Morgan fingerprint density at radius 3 is 2.65 bits per heavy atom. The van der Waals surface area contributed by atoms with Crippen molar-refractivity contribution in [2.24, 2.45) is 0 Å². The molecule has 4 heteroatoms. The maximum atomic E-state index is 10.7. The molecule has 0 aliphatic carbocycles. The summed E-state index contributed by atoms with van der Waals surface area (Å²) in [6.07, 6.45) is 1.26. The van der Waals surface area contributed by atoms with Gasteiger partial charge in [-0.25, -0.2) is 4.79 Å². The summed E-state index contributed by atoms with van der Waals surface area (Å²) < 4.78 is 5.20. The van der Waals surface area contributed by atoms with Crippen LogP contribution in [0, 0.1) is 0 Å². The van der Waals surface area contributed by atoms with Gasteiger partial charge in [0, 0.05) is 12.7 Å². The number of hydrogen-bond acceptors (Lipinski definition) is 3. The summed E-state index contributed by atoms with van der Waals surface area (Å²) in [5.41, 5.74) is 1.24. The van der Waals surface area contributed by atoms with Crippen LogP contribution in [0.4, 0.5) is 5.69 Å². The standard InChI is InChI=1S/C13H13NO3/c1-14(11-5-3-2-4-6-11)8-12-7-10(9-17-12)13(15)16/h2-7,9H,8H2,1H3,(H,15,16). The Morgan fingerprint density at radius 1 is 1.35 bits per heavy atom. The molecule has 17 heavy (non-hydrogen) atoms. The van der Waals surface area contributed by atoms with E-state index in [1.54, 1.807) is 6.07 Å². The molecular formula is C13H13NO3. The first-order valence-corrected chi connectivity index (χ1v) is 5.23. The van der Waals surface area contributed by atoms with Gasteiger partial charge in [0.1, 0.15) is 12.0 Å². The lowest BCUT2D eigenvalue weighted by Crippen LogP contribution is -2.15. The van der Waals surface area contributed by atoms with Gasteiger partial charge < -0.3 is 14.4 Å². The van der Waals surface area contributed by atoms with Crippen LogP contribution in [0.1, 0.15) is 16.1 Å². The van der Waals surface area contributed by atoms with Gasteiger partial charge in [0.15, 0.2) is 0 Å². The number of para-hydroxylation sites is 1. The van der Waals surface area contributed by atoms with Crippen LogP contribution in [-0.2, 0) is 6.54 Å². The van der Waals surface area contributed by atoms with Gasteiger partial charge in [-0.2, -0.15) is 0 Å². The third-order valence-electron chi connectivity index (χ3n) is 2.49. The molecule has 0 saturated heterocycles. The molecule has 0 bridgehead atoms. The van der Waals surface area contributed by atoms with E-state index in [1.807, 2.05) is 42.3 Å². The predicted molar refractivity (Wildman–Crippen MR) is 64.2 cm³/mol. The summed E-state index contributed by atoms with van der Waals surface area (Å²) in [6.45, 7) is 0.539. The lowest BCUT2D eigenvalue weighted by atomic mass is 10.2. The molecule has 4 nitrogen and oxygen atoms in total. The lowest BCUT2D eigenvalue weighted by Gasteiger charge is -2.17. The van der Waals surface area contributed by atoms with E-state index in [-0.39, 0.29) is 5.56 Å². The Morgan fingerprint density at radius 2 is 2.06 bits per heavy atom. The second kappa shape index (κ2) is 4.74. The Balaban J connectivity index is 2.08. The van der Waals surface area contributed by atoms with Crippen molar-refractivity contribution in [3.05, 3.63) is 54.0 Å². The van der Waals surface area contributed by atoms with Gasteiger partial charge in [-0.3, -0.25) is 0 Å². The molecule has 2 aromatic rings. The molecule has 0 amide bonds. The molecule has 1 heterocycles. The fourth-order valence-corrected chi connectivity index (χ4v) is 1.58. The lowest BCUT2D eigenvalue weighted by molar-refractivity contribution is 0.0696. The van der Waals surface area contributed by atoms with Crippen LogP contribution in [0.25, 0.3) is 0 Å². The first kappa shape index (κ1) is 11.3. The van der Waals surface area contributed by atoms with Crippen LogP contribution >= 0.6 is 0 Å². The van der Waals surface area contributed by atoms with Gasteiger partial charge in [-0.1, -0.05) is 18.2 Å². The maximum Gasteiger partial charge on any atom is 0.338 e. The fourth-order valence-electron chi connectivity index (χ4n) is 1.58. The Kier molecular flexibility index (Phi) is 3.14. The fraction of sp³-hybridized carbons (Fsp3) is 0.154. The van der Waals surface area contributed by atoms with Crippen molar-refractivity contribution in [1.82, 2.24) is 0 Å². The average Bonchev–Trinajstić information content (AvgIpc) is 2.79. The smallest absolute Gasteiger partial charge is 0.338 e. The number of anilines is 1. The minimum Gasteiger partial charge on any atom is -0.478 e. The molecule has 0 fully saturated rings. The number of carbonyl (C=O) groups is 1. The third-order valence-corrected chi connectivity index (χ3v) is 2.49. The van der Waals surface area contributed by atoms with E-state index in [0.717, 1.165) is 5.69 Å². The highest BCUT2D eigenvalue weighted by molar-refractivity contribution is 5.87. The zero-order chi connectivity index (χ0) is 12.3. The monoisotopic (exact) mass is 231 g/mol. The average molecular weight is 231 g/mol. The van der Waals surface area contributed by atoms with Gasteiger partial charge in [0.05, 0.1) is 12.1 Å². The van der Waals surface area contributed by atoms with Crippen LogP contribution < -0.4 is 4.90 Å². The molecule has 1 aromatic carbocycles. The van der Waals surface area contributed by atoms with Gasteiger partial charge >= 0.3 is 5.97 Å². The first-order valence-electron chi connectivity index (χ1n) is 5.23. The van der Waals surface area contributed by atoms with Crippen LogP contribution in [0.15, 0.2) is 47.1 Å². The highest BCUT2D eigenvalue weighted by Gasteiger charge is 2.10. The summed E-state index contributed by atoms with van der Waals surface area (Å²) >= 11 is 0. The SMILES string of the molecule is CN(Cc1cc(C(=O)O)co1)c1ccccc1. The zero-order valence-electron chi connectivity index (χ0n) is 9.46. The summed E-state index contributed by atoms with van der Waals surface area (Å²) in [6, 6.07) is 11.4. The molecule has 88 valence electrons. The zero-order valence-corrected chi connectivity index (χ0v) is 9.46. The van der Waals surface area contributed by atoms with E-state index in [2.05, 4.69) is 0 Å². The van der Waals surface area contributed by atoms with E-state index in [9.17, 15) is 4.79 Å². The van der Waals surface area contributed by atoms with Crippen LogP contribution in [-0.4, -0.2) is 18.1 Å². The van der Waals surface area contributed by atoms with Gasteiger partial charge in [-0.05, 0) is 18.2 Å². The van der Waals surface area contributed by atoms with Crippen molar-refractivity contribution in [2.75, 3.05) is 11.9 Å². The maximum absolute atomic E-state index is 10.7. The Bertz CT molecular complexity index is 504. The topological polar surface area (TPSA) is 53.7 Å². The second-order valence-corrected chi connectivity index (χ2v) is 3.80. The molecule has 1 aromatic heterocycles. The summed E-state index contributed by atoms with van der Waals surface area (Å²) in [4.78, 5) is 12.7. The van der Waals surface area contributed by atoms with Gasteiger partial charge in [0.25, 0.3) is 0 Å². The molecule has 0 unspecified atom stereocenters. The van der Waals surface area contributed by atoms with Crippen molar-refractivity contribution < 1.29 is 14.3 Å². The van der Waals surface area contributed by atoms with Crippen LogP contribution in [0.2, 0.25) is 0 Å². The number of hydrogen-bond donors (Lipinski definition) is 1. The molecular weight excluding hydrogens is 218 g/mol.